The molecule has 13 heteroatoms. The fourth-order valence-electron chi connectivity index (χ4n) is 3.63. The molecule has 0 aliphatic carbocycles. The summed E-state index contributed by atoms with van der Waals surface area (Å²) in [4.78, 5) is 41.7. The minimum absolute atomic E-state index is 0.0768. The number of H-pyrrole nitrogens is 1. The van der Waals surface area contributed by atoms with Crippen LogP contribution < -0.4 is 16.2 Å². The van der Waals surface area contributed by atoms with E-state index in [2.05, 4.69) is 10.6 Å². The Morgan fingerprint density at radius 1 is 1.08 bits per heavy atom. The van der Waals surface area contributed by atoms with Gasteiger partial charge in [0.05, 0.1) is 10.0 Å². The van der Waals surface area contributed by atoms with Gasteiger partial charge in [-0.25, -0.2) is 4.79 Å². The van der Waals surface area contributed by atoms with Crippen molar-refractivity contribution in [2.24, 2.45) is 0 Å². The number of halogens is 5. The van der Waals surface area contributed by atoms with Gasteiger partial charge in [-0.1, -0.05) is 47.1 Å². The lowest BCUT2D eigenvalue weighted by atomic mass is 10.1. The van der Waals surface area contributed by atoms with Crippen molar-refractivity contribution in [1.29, 1.82) is 0 Å². The SMILES string of the molecule is CNC(=O)Nc1ccc2c(c1)CN(C(=O)c1c(Sc3c(Cl)cccc3Cl)cc(C(F)(F)Cl)[nH]c1=O)C2. The normalized spacial score (nSPS) is 12.9. The van der Waals surface area contributed by atoms with E-state index in [1.165, 1.54) is 11.9 Å². The van der Waals surface area contributed by atoms with Crippen molar-refractivity contribution in [2.75, 3.05) is 12.4 Å². The van der Waals surface area contributed by atoms with E-state index in [9.17, 15) is 23.2 Å². The van der Waals surface area contributed by atoms with Crippen LogP contribution in [0.25, 0.3) is 0 Å². The Balaban J connectivity index is 1.71. The first-order valence-electron chi connectivity index (χ1n) is 10.3. The molecule has 36 heavy (non-hydrogen) atoms. The predicted octanol–water partition coefficient (Wildman–Crippen LogP) is 6.03. The number of fused-ring (bicyclic) bond motifs is 1. The Morgan fingerprint density at radius 3 is 2.39 bits per heavy atom. The molecule has 0 fully saturated rings. The predicted molar refractivity (Wildman–Crippen MR) is 135 cm³/mol. The number of benzene rings is 2. The lowest BCUT2D eigenvalue weighted by Gasteiger charge is -2.19. The fraction of sp³-hybridized carbons (Fsp3) is 0.174. The minimum atomic E-state index is -3.88. The molecule has 2 heterocycles. The zero-order valence-corrected chi connectivity index (χ0v) is 21.5. The number of hydrogen-bond acceptors (Lipinski definition) is 4. The highest BCUT2D eigenvalue weighted by atomic mass is 35.5. The van der Waals surface area contributed by atoms with E-state index < -0.39 is 28.6 Å². The Bertz CT molecular complexity index is 1410. The molecule has 7 nitrogen and oxygen atoms in total. The first-order valence-corrected chi connectivity index (χ1v) is 12.3. The Labute approximate surface area is 223 Å². The molecule has 0 radical (unpaired) electrons. The molecule has 0 saturated heterocycles. The molecular formula is C23H17Cl3F2N4O3S. The third-order valence-corrected chi connectivity index (χ3v) is 7.59. The van der Waals surface area contributed by atoms with Crippen LogP contribution in [0.4, 0.5) is 19.3 Å². The van der Waals surface area contributed by atoms with E-state index in [1.54, 1.807) is 36.4 Å². The molecule has 3 aromatic rings. The van der Waals surface area contributed by atoms with Crippen LogP contribution in [0.2, 0.25) is 10.0 Å². The van der Waals surface area contributed by atoms with Gasteiger partial charge in [0.15, 0.2) is 0 Å². The quantitative estimate of drug-likeness (QED) is 0.325. The van der Waals surface area contributed by atoms with Crippen molar-refractivity contribution in [3.05, 3.63) is 85.2 Å². The number of carbonyl (C=O) groups excluding carboxylic acids is 2. The zero-order valence-electron chi connectivity index (χ0n) is 18.4. The molecule has 0 unspecified atom stereocenters. The van der Waals surface area contributed by atoms with Gasteiger partial charge in [-0.3, -0.25) is 9.59 Å². The highest BCUT2D eigenvalue weighted by Gasteiger charge is 2.34. The summed E-state index contributed by atoms with van der Waals surface area (Å²) in [5.41, 5.74) is -0.140. The molecule has 3 amide bonds. The largest absolute Gasteiger partial charge is 0.362 e. The number of nitrogens with zero attached hydrogens (tertiary/aromatic N) is 1. The number of pyridine rings is 1. The first kappa shape index (κ1) is 26.3. The van der Waals surface area contributed by atoms with Crippen molar-refractivity contribution >= 4 is 64.2 Å². The van der Waals surface area contributed by atoms with E-state index in [1.807, 2.05) is 4.98 Å². The van der Waals surface area contributed by atoms with Crippen LogP contribution in [0.1, 0.15) is 27.2 Å². The third-order valence-electron chi connectivity index (χ3n) is 5.35. The molecule has 2 aromatic carbocycles. The summed E-state index contributed by atoms with van der Waals surface area (Å²) in [6.45, 7) is 0.319. The van der Waals surface area contributed by atoms with Crippen LogP contribution in [0, 0.1) is 0 Å². The molecule has 4 rings (SSSR count). The van der Waals surface area contributed by atoms with Crippen LogP contribution in [0.15, 0.2) is 57.1 Å². The topological polar surface area (TPSA) is 94.3 Å². The minimum Gasteiger partial charge on any atom is -0.341 e. The van der Waals surface area contributed by atoms with Crippen LogP contribution in [0.5, 0.6) is 0 Å². The number of rotatable bonds is 5. The second-order valence-corrected chi connectivity index (χ2v) is 10.1. The summed E-state index contributed by atoms with van der Waals surface area (Å²) >= 11 is 18.4. The number of anilines is 1. The number of aromatic nitrogens is 1. The maximum atomic E-state index is 13.9. The van der Waals surface area contributed by atoms with E-state index in [0.29, 0.717) is 10.6 Å². The Kier molecular flexibility index (Phi) is 7.51. The molecule has 3 N–H and O–H groups in total. The molecule has 1 aliphatic rings. The Morgan fingerprint density at radius 2 is 1.75 bits per heavy atom. The van der Waals surface area contributed by atoms with E-state index in [-0.39, 0.29) is 33.6 Å². The molecule has 0 spiro atoms. The van der Waals surface area contributed by atoms with Crippen LogP contribution in [0.3, 0.4) is 0 Å². The zero-order chi connectivity index (χ0) is 26.2. The molecule has 1 aliphatic heterocycles. The van der Waals surface area contributed by atoms with Crippen LogP contribution in [-0.4, -0.2) is 28.9 Å². The Hall–Kier alpha value is -2.79. The summed E-state index contributed by atoms with van der Waals surface area (Å²) in [6.07, 6.45) is 0. The molecule has 1 aromatic heterocycles. The number of aromatic amines is 1. The lowest BCUT2D eigenvalue weighted by Crippen LogP contribution is -2.32. The number of alkyl halides is 3. The second-order valence-electron chi connectivity index (χ2n) is 7.75. The van der Waals surface area contributed by atoms with Crippen molar-refractivity contribution in [1.82, 2.24) is 15.2 Å². The van der Waals surface area contributed by atoms with Crippen molar-refractivity contribution in [3.63, 3.8) is 0 Å². The van der Waals surface area contributed by atoms with E-state index >= 15 is 0 Å². The summed E-state index contributed by atoms with van der Waals surface area (Å²) in [7, 11) is 1.48. The standard InChI is InChI=1S/C23H17Cl3F2N4O3S/c1-29-22(35)30-13-6-5-11-9-32(10-12(11)7-13)21(34)18-16(8-17(23(26,27)28)31-20(18)33)36-19-14(24)3-2-4-15(19)25/h2-8H,9-10H2,1H3,(H,31,33)(H2,29,30,35). The van der Waals surface area contributed by atoms with Crippen molar-refractivity contribution in [2.45, 2.75) is 28.3 Å². The number of nitrogens with one attached hydrogen (secondary N) is 3. The van der Waals surface area contributed by atoms with Crippen LogP contribution in [-0.2, 0) is 18.5 Å². The van der Waals surface area contributed by atoms with Gasteiger partial charge in [0.1, 0.15) is 11.3 Å². The summed E-state index contributed by atoms with van der Waals surface area (Å²) in [5.74, 6) is -0.677. The number of carbonyl (C=O) groups is 2. The fourth-order valence-corrected chi connectivity index (χ4v) is 5.37. The molecule has 0 bridgehead atoms. The van der Waals surface area contributed by atoms with Gasteiger partial charge in [0.25, 0.3) is 11.5 Å². The summed E-state index contributed by atoms with van der Waals surface area (Å²) < 4.78 is 27.8. The average Bonchev–Trinajstić information content (AvgIpc) is 3.23. The van der Waals surface area contributed by atoms with E-state index in [4.69, 9.17) is 34.8 Å². The van der Waals surface area contributed by atoms with Gasteiger partial charge in [-0.2, -0.15) is 8.78 Å². The molecule has 0 atom stereocenters. The van der Waals surface area contributed by atoms with Crippen LogP contribution >= 0.6 is 46.6 Å². The van der Waals surface area contributed by atoms with Gasteiger partial charge in [0, 0.05) is 35.6 Å². The van der Waals surface area contributed by atoms with Crippen molar-refractivity contribution in [3.8, 4) is 0 Å². The smallest absolute Gasteiger partial charge is 0.341 e. The average molecular weight is 574 g/mol. The summed E-state index contributed by atoms with van der Waals surface area (Å²) in [5, 5.41) is 1.66. The maximum Gasteiger partial charge on any atom is 0.362 e. The molecule has 0 saturated carbocycles. The highest BCUT2D eigenvalue weighted by Crippen LogP contribution is 2.41. The number of urea groups is 1. The summed E-state index contributed by atoms with van der Waals surface area (Å²) in [6, 6.07) is 10.4. The first-order chi connectivity index (χ1) is 17.0. The highest BCUT2D eigenvalue weighted by molar-refractivity contribution is 7.99. The van der Waals surface area contributed by atoms with Gasteiger partial charge >= 0.3 is 11.4 Å². The third kappa shape index (κ3) is 5.46. The lowest BCUT2D eigenvalue weighted by molar-refractivity contribution is 0.0740. The second kappa shape index (κ2) is 10.3. The van der Waals surface area contributed by atoms with E-state index in [0.717, 1.165) is 29.0 Å². The number of hydrogen-bond donors (Lipinski definition) is 3. The maximum absolute atomic E-state index is 13.9. The molecule has 188 valence electrons. The van der Waals surface area contributed by atoms with Crippen molar-refractivity contribution < 1.29 is 18.4 Å². The van der Waals surface area contributed by atoms with Gasteiger partial charge in [0.2, 0.25) is 0 Å². The van der Waals surface area contributed by atoms with Gasteiger partial charge < -0.3 is 20.5 Å². The monoisotopic (exact) mass is 572 g/mol. The molecular weight excluding hydrogens is 557 g/mol. The number of amides is 3. The van der Waals surface area contributed by atoms with Gasteiger partial charge in [-0.15, -0.1) is 0 Å². The van der Waals surface area contributed by atoms with Gasteiger partial charge in [-0.05, 0) is 53.1 Å².